The molecule has 27 heavy (non-hydrogen) atoms. The molecule has 136 valence electrons. The van der Waals surface area contributed by atoms with Crippen molar-refractivity contribution in [3.8, 4) is 11.5 Å². The maximum Gasteiger partial charge on any atom is 0.192 e. The smallest absolute Gasteiger partial charge is 0.192 e. The molecule has 0 bridgehead atoms. The number of thiazole rings is 1. The first-order valence-corrected chi connectivity index (χ1v) is 9.41. The van der Waals surface area contributed by atoms with Gasteiger partial charge in [0.25, 0.3) is 0 Å². The van der Waals surface area contributed by atoms with Crippen LogP contribution < -0.4 is 9.47 Å². The van der Waals surface area contributed by atoms with Crippen LogP contribution in [-0.2, 0) is 6.61 Å². The van der Waals surface area contributed by atoms with E-state index in [1.807, 2.05) is 35.7 Å². The summed E-state index contributed by atoms with van der Waals surface area (Å²) in [5.74, 6) is 0.503. The molecule has 1 aliphatic heterocycles. The molecular weight excluding hydrogens is 365 g/mol. The summed E-state index contributed by atoms with van der Waals surface area (Å²) in [5, 5.41) is 1.94. The largest absolute Gasteiger partial charge is 0.492 e. The van der Waals surface area contributed by atoms with Crippen molar-refractivity contribution >= 4 is 23.2 Å². The first-order valence-electron chi connectivity index (χ1n) is 8.46. The molecule has 0 fully saturated rings. The van der Waals surface area contributed by atoms with Gasteiger partial charge in [-0.1, -0.05) is 12.1 Å². The van der Waals surface area contributed by atoms with E-state index >= 15 is 0 Å². The lowest BCUT2D eigenvalue weighted by atomic mass is 9.99. The van der Waals surface area contributed by atoms with Crippen LogP contribution >= 0.6 is 11.3 Å². The van der Waals surface area contributed by atoms with E-state index in [1.165, 1.54) is 29.5 Å². The van der Waals surface area contributed by atoms with Gasteiger partial charge in [0.1, 0.15) is 23.9 Å². The number of ether oxygens (including phenoxy) is 2. The van der Waals surface area contributed by atoms with Crippen LogP contribution in [0.25, 0.3) is 6.08 Å². The Kier molecular flexibility index (Phi) is 4.98. The standard InChI is InChI=1S/C21H16FNO3S/c22-16-3-6-20-19(10-16)21(24)15(7-8-25-20)9-14-1-4-18(5-2-14)26-11-17-12-27-13-23-17/h1-6,9-10,12-13H,7-8,11H2/b15-9+. The lowest BCUT2D eigenvalue weighted by Gasteiger charge is -2.06. The Morgan fingerprint density at radius 3 is 2.85 bits per heavy atom. The number of halogens is 1. The van der Waals surface area contributed by atoms with Crippen LogP contribution in [-0.4, -0.2) is 17.4 Å². The van der Waals surface area contributed by atoms with Crippen molar-refractivity contribution in [3.05, 3.63) is 81.6 Å². The zero-order chi connectivity index (χ0) is 18.6. The Morgan fingerprint density at radius 2 is 2.07 bits per heavy atom. The number of benzene rings is 2. The minimum Gasteiger partial charge on any atom is -0.492 e. The van der Waals surface area contributed by atoms with Crippen LogP contribution in [0, 0.1) is 5.82 Å². The van der Waals surface area contributed by atoms with Crippen LogP contribution in [0.4, 0.5) is 4.39 Å². The fourth-order valence-electron chi connectivity index (χ4n) is 2.83. The van der Waals surface area contributed by atoms with Gasteiger partial charge in [-0.3, -0.25) is 4.79 Å². The molecule has 6 heteroatoms. The maximum atomic E-state index is 13.5. The molecule has 3 aromatic rings. The maximum absolute atomic E-state index is 13.5. The molecule has 0 amide bonds. The SMILES string of the molecule is O=C1/C(=C/c2ccc(OCc3cscn3)cc2)CCOc2ccc(F)cc21. The van der Waals surface area contributed by atoms with Crippen molar-refractivity contribution in [3.63, 3.8) is 0 Å². The second-order valence-corrected chi connectivity index (χ2v) is 6.79. The summed E-state index contributed by atoms with van der Waals surface area (Å²) in [6, 6.07) is 11.5. The van der Waals surface area contributed by atoms with Crippen LogP contribution in [0.3, 0.4) is 0 Å². The second kappa shape index (κ2) is 7.72. The monoisotopic (exact) mass is 381 g/mol. The number of hydrogen-bond donors (Lipinski definition) is 0. The fraction of sp³-hybridized carbons (Fsp3) is 0.143. The van der Waals surface area contributed by atoms with Gasteiger partial charge in [0, 0.05) is 17.4 Å². The summed E-state index contributed by atoms with van der Waals surface area (Å²) in [6.45, 7) is 0.799. The van der Waals surface area contributed by atoms with Crippen LogP contribution in [0.1, 0.15) is 28.0 Å². The molecule has 0 atom stereocenters. The Morgan fingerprint density at radius 1 is 1.22 bits per heavy atom. The molecule has 0 unspecified atom stereocenters. The first kappa shape index (κ1) is 17.4. The number of hydrogen-bond acceptors (Lipinski definition) is 5. The summed E-state index contributed by atoms with van der Waals surface area (Å²) in [5.41, 5.74) is 4.39. The molecule has 0 saturated heterocycles. The van der Waals surface area contributed by atoms with Crippen LogP contribution in [0.2, 0.25) is 0 Å². The second-order valence-electron chi connectivity index (χ2n) is 6.08. The van der Waals surface area contributed by atoms with Gasteiger partial charge >= 0.3 is 0 Å². The zero-order valence-electron chi connectivity index (χ0n) is 14.4. The number of Topliss-reactive ketones (excluding diaryl/α,β-unsaturated/α-hetero) is 1. The number of fused-ring (bicyclic) bond motifs is 1. The van der Waals surface area contributed by atoms with Gasteiger partial charge in [0.15, 0.2) is 5.78 Å². The summed E-state index contributed by atoms with van der Waals surface area (Å²) in [6.07, 6.45) is 2.28. The summed E-state index contributed by atoms with van der Waals surface area (Å²) >= 11 is 1.53. The van der Waals surface area contributed by atoms with Gasteiger partial charge in [0.05, 0.1) is 23.4 Å². The predicted molar refractivity (Wildman–Crippen MR) is 102 cm³/mol. The highest BCUT2D eigenvalue weighted by Crippen LogP contribution is 2.28. The minimum atomic E-state index is -0.450. The average molecular weight is 381 g/mol. The number of aromatic nitrogens is 1. The lowest BCUT2D eigenvalue weighted by Crippen LogP contribution is -2.02. The average Bonchev–Trinajstić information content (AvgIpc) is 3.16. The van der Waals surface area contributed by atoms with Gasteiger partial charge in [-0.2, -0.15) is 0 Å². The fourth-order valence-corrected chi connectivity index (χ4v) is 3.37. The van der Waals surface area contributed by atoms with Gasteiger partial charge in [0.2, 0.25) is 0 Å². The van der Waals surface area contributed by atoms with E-state index in [0.29, 0.717) is 31.0 Å². The van der Waals surface area contributed by atoms with Gasteiger partial charge in [-0.25, -0.2) is 9.37 Å². The Hall–Kier alpha value is -2.99. The van der Waals surface area contributed by atoms with Crippen molar-refractivity contribution in [2.24, 2.45) is 0 Å². The topological polar surface area (TPSA) is 48.4 Å². The van der Waals surface area contributed by atoms with Crippen molar-refractivity contribution in [2.75, 3.05) is 6.61 Å². The van der Waals surface area contributed by atoms with E-state index in [4.69, 9.17) is 9.47 Å². The van der Waals surface area contributed by atoms with Gasteiger partial charge in [-0.15, -0.1) is 11.3 Å². The third kappa shape index (κ3) is 4.06. The molecule has 1 aliphatic rings. The number of carbonyl (C=O) groups excluding carboxylic acids is 1. The number of carbonyl (C=O) groups is 1. The van der Waals surface area contributed by atoms with Crippen molar-refractivity contribution in [2.45, 2.75) is 13.0 Å². The molecule has 0 aliphatic carbocycles. The van der Waals surface area contributed by atoms with E-state index in [1.54, 1.807) is 5.51 Å². The number of nitrogens with zero attached hydrogens (tertiary/aromatic N) is 1. The molecule has 0 spiro atoms. The van der Waals surface area contributed by atoms with E-state index in [0.717, 1.165) is 17.0 Å². The molecule has 0 N–H and O–H groups in total. The third-order valence-corrected chi connectivity index (χ3v) is 4.83. The Bertz CT molecular complexity index is 981. The highest BCUT2D eigenvalue weighted by atomic mass is 32.1. The molecule has 4 rings (SSSR count). The Balaban J connectivity index is 1.51. The van der Waals surface area contributed by atoms with E-state index in [-0.39, 0.29) is 11.3 Å². The normalized spacial score (nSPS) is 15.1. The molecule has 0 radical (unpaired) electrons. The zero-order valence-corrected chi connectivity index (χ0v) is 15.2. The molecule has 0 saturated carbocycles. The molecule has 2 heterocycles. The van der Waals surface area contributed by atoms with Crippen molar-refractivity contribution < 1.29 is 18.7 Å². The van der Waals surface area contributed by atoms with Crippen molar-refractivity contribution in [1.29, 1.82) is 0 Å². The summed E-state index contributed by atoms with van der Waals surface area (Å²) in [4.78, 5) is 16.9. The number of ketones is 1. The predicted octanol–water partition coefficient (Wildman–Crippen LogP) is 4.91. The lowest BCUT2D eigenvalue weighted by molar-refractivity contribution is 0.103. The highest BCUT2D eigenvalue weighted by molar-refractivity contribution is 7.07. The summed E-state index contributed by atoms with van der Waals surface area (Å²) < 4.78 is 24.8. The van der Waals surface area contributed by atoms with Crippen LogP contribution in [0.5, 0.6) is 11.5 Å². The van der Waals surface area contributed by atoms with Gasteiger partial charge in [-0.05, 0) is 42.0 Å². The molecule has 1 aromatic heterocycles. The summed E-state index contributed by atoms with van der Waals surface area (Å²) in [7, 11) is 0. The van der Waals surface area contributed by atoms with E-state index in [9.17, 15) is 9.18 Å². The quantitative estimate of drug-likeness (QED) is 0.603. The Labute approximate surface area is 159 Å². The highest BCUT2D eigenvalue weighted by Gasteiger charge is 2.21. The first-order chi connectivity index (χ1) is 13.2. The third-order valence-electron chi connectivity index (χ3n) is 4.20. The molecule has 2 aromatic carbocycles. The van der Waals surface area contributed by atoms with E-state index in [2.05, 4.69) is 4.98 Å². The molecular formula is C21H16FNO3S. The molecule has 4 nitrogen and oxygen atoms in total. The van der Waals surface area contributed by atoms with Crippen molar-refractivity contribution in [1.82, 2.24) is 4.98 Å². The minimum absolute atomic E-state index is 0.203. The van der Waals surface area contributed by atoms with Gasteiger partial charge < -0.3 is 9.47 Å². The van der Waals surface area contributed by atoms with E-state index < -0.39 is 5.82 Å². The number of rotatable bonds is 4. The van der Waals surface area contributed by atoms with Crippen LogP contribution in [0.15, 0.2) is 58.9 Å².